The van der Waals surface area contributed by atoms with Gasteiger partial charge in [0.2, 0.25) is 4.96 Å². The first-order valence-electron chi connectivity index (χ1n) is 6.74. The molecule has 4 heterocycles. The van der Waals surface area contributed by atoms with E-state index in [0.717, 1.165) is 60.1 Å². The van der Waals surface area contributed by atoms with Crippen LogP contribution in [-0.4, -0.2) is 56.2 Å². The summed E-state index contributed by atoms with van der Waals surface area (Å²) in [5.74, 6) is 1.61. The van der Waals surface area contributed by atoms with Gasteiger partial charge in [0.1, 0.15) is 11.5 Å². The predicted molar refractivity (Wildman–Crippen MR) is 75.0 cm³/mol. The van der Waals surface area contributed by atoms with E-state index in [0.29, 0.717) is 0 Å². The van der Waals surface area contributed by atoms with Crippen molar-refractivity contribution >= 4 is 16.3 Å². The minimum absolute atomic E-state index is 0.728. The van der Waals surface area contributed by atoms with E-state index in [9.17, 15) is 0 Å². The van der Waals surface area contributed by atoms with Gasteiger partial charge in [-0.25, -0.2) is 0 Å². The molecule has 8 nitrogen and oxygen atoms in total. The highest BCUT2D eigenvalue weighted by atomic mass is 32.1. The number of hydrogen-bond acceptors (Lipinski definition) is 8. The summed E-state index contributed by atoms with van der Waals surface area (Å²) in [5.41, 5.74) is 0.736. The van der Waals surface area contributed by atoms with Gasteiger partial charge in [0, 0.05) is 19.2 Å². The number of aryl methyl sites for hydroxylation is 1. The van der Waals surface area contributed by atoms with E-state index < -0.39 is 0 Å². The fourth-order valence-corrected chi connectivity index (χ4v) is 3.10. The lowest BCUT2D eigenvalue weighted by Crippen LogP contribution is -2.36. The van der Waals surface area contributed by atoms with Gasteiger partial charge in [-0.1, -0.05) is 16.5 Å². The average molecular weight is 306 g/mol. The Hall–Kier alpha value is -1.84. The van der Waals surface area contributed by atoms with E-state index in [1.54, 1.807) is 4.52 Å². The van der Waals surface area contributed by atoms with Crippen molar-refractivity contribution in [3.8, 4) is 10.7 Å². The quantitative estimate of drug-likeness (QED) is 0.713. The maximum atomic E-state index is 5.35. The van der Waals surface area contributed by atoms with Crippen LogP contribution < -0.4 is 0 Å². The molecule has 0 spiro atoms. The maximum Gasteiger partial charge on any atom is 0.235 e. The highest BCUT2D eigenvalue weighted by Crippen LogP contribution is 2.25. The Balaban J connectivity index is 1.63. The van der Waals surface area contributed by atoms with Crippen molar-refractivity contribution in [3.05, 3.63) is 17.7 Å². The van der Waals surface area contributed by atoms with Gasteiger partial charge in [0.15, 0.2) is 10.8 Å². The lowest BCUT2D eigenvalue weighted by atomic mass is 10.4. The molecule has 1 fully saturated rings. The van der Waals surface area contributed by atoms with Crippen LogP contribution in [0.5, 0.6) is 0 Å². The van der Waals surface area contributed by atoms with Gasteiger partial charge in [0.25, 0.3) is 0 Å². The van der Waals surface area contributed by atoms with Gasteiger partial charge in [-0.05, 0) is 6.92 Å². The highest BCUT2D eigenvalue weighted by Gasteiger charge is 2.18. The van der Waals surface area contributed by atoms with Crippen LogP contribution in [0.3, 0.4) is 0 Å². The molecule has 1 saturated heterocycles. The zero-order valence-electron chi connectivity index (χ0n) is 11.5. The SMILES string of the molecule is Cc1cc(-c2nn3c(CN4CCOCC4)nnc3s2)no1. The molecular weight excluding hydrogens is 292 g/mol. The van der Waals surface area contributed by atoms with Gasteiger partial charge in [0.05, 0.1) is 19.8 Å². The molecule has 3 aromatic heterocycles. The predicted octanol–water partition coefficient (Wildman–Crippen LogP) is 0.981. The number of morpholine rings is 1. The first kappa shape index (κ1) is 12.9. The van der Waals surface area contributed by atoms with Crippen LogP contribution in [-0.2, 0) is 11.3 Å². The fourth-order valence-electron chi connectivity index (χ4n) is 2.29. The Morgan fingerprint density at radius 2 is 2.14 bits per heavy atom. The minimum Gasteiger partial charge on any atom is -0.379 e. The van der Waals surface area contributed by atoms with Crippen LogP contribution in [0, 0.1) is 6.92 Å². The number of ether oxygens (including phenoxy) is 1. The Bertz CT molecular complexity index is 757. The Kier molecular flexibility index (Phi) is 3.17. The highest BCUT2D eigenvalue weighted by molar-refractivity contribution is 7.19. The summed E-state index contributed by atoms with van der Waals surface area (Å²) >= 11 is 1.46. The summed E-state index contributed by atoms with van der Waals surface area (Å²) in [6, 6.07) is 1.87. The van der Waals surface area contributed by atoms with Crippen molar-refractivity contribution in [3.63, 3.8) is 0 Å². The van der Waals surface area contributed by atoms with Crippen LogP contribution in [0.2, 0.25) is 0 Å². The third kappa shape index (κ3) is 2.43. The largest absolute Gasteiger partial charge is 0.379 e. The molecule has 1 aliphatic rings. The van der Waals surface area contributed by atoms with Crippen LogP contribution >= 0.6 is 11.3 Å². The summed E-state index contributed by atoms with van der Waals surface area (Å²) < 4.78 is 12.2. The lowest BCUT2D eigenvalue weighted by molar-refractivity contribution is 0.0328. The monoisotopic (exact) mass is 306 g/mol. The first-order chi connectivity index (χ1) is 10.3. The van der Waals surface area contributed by atoms with E-state index in [2.05, 4.69) is 25.4 Å². The minimum atomic E-state index is 0.728. The number of hydrogen-bond donors (Lipinski definition) is 0. The molecule has 110 valence electrons. The van der Waals surface area contributed by atoms with Crippen molar-refractivity contribution in [2.75, 3.05) is 26.3 Å². The van der Waals surface area contributed by atoms with E-state index >= 15 is 0 Å². The molecule has 0 aliphatic carbocycles. The molecule has 0 aromatic carbocycles. The van der Waals surface area contributed by atoms with Gasteiger partial charge >= 0.3 is 0 Å². The molecule has 0 bridgehead atoms. The van der Waals surface area contributed by atoms with Crippen LogP contribution in [0.15, 0.2) is 10.6 Å². The van der Waals surface area contributed by atoms with Crippen molar-refractivity contribution in [1.82, 2.24) is 29.9 Å². The Morgan fingerprint density at radius 3 is 2.90 bits per heavy atom. The number of rotatable bonds is 3. The molecule has 0 saturated carbocycles. The lowest BCUT2D eigenvalue weighted by Gasteiger charge is -2.25. The first-order valence-corrected chi connectivity index (χ1v) is 7.56. The van der Waals surface area contributed by atoms with Gasteiger partial charge in [-0.15, -0.1) is 10.2 Å². The number of aromatic nitrogens is 5. The molecule has 0 unspecified atom stereocenters. The van der Waals surface area contributed by atoms with E-state index in [1.165, 1.54) is 11.3 Å². The van der Waals surface area contributed by atoms with E-state index in [1.807, 2.05) is 13.0 Å². The Labute approximate surface area is 124 Å². The molecule has 3 aromatic rings. The molecule has 9 heteroatoms. The van der Waals surface area contributed by atoms with Crippen LogP contribution in [0.25, 0.3) is 15.7 Å². The number of fused-ring (bicyclic) bond motifs is 1. The molecule has 4 rings (SSSR count). The third-order valence-electron chi connectivity index (χ3n) is 3.37. The second kappa shape index (κ2) is 5.17. The van der Waals surface area contributed by atoms with Gasteiger partial charge < -0.3 is 9.26 Å². The second-order valence-electron chi connectivity index (χ2n) is 4.93. The van der Waals surface area contributed by atoms with E-state index in [-0.39, 0.29) is 0 Å². The van der Waals surface area contributed by atoms with Crippen molar-refractivity contribution in [2.45, 2.75) is 13.5 Å². The molecule has 1 aliphatic heterocycles. The summed E-state index contributed by atoms with van der Waals surface area (Å²) in [6.07, 6.45) is 0. The zero-order chi connectivity index (χ0) is 14.2. The normalized spacial score (nSPS) is 16.8. The van der Waals surface area contributed by atoms with Gasteiger partial charge in [-0.2, -0.15) is 9.61 Å². The summed E-state index contributed by atoms with van der Waals surface area (Å²) in [4.78, 5) is 3.06. The van der Waals surface area contributed by atoms with Gasteiger partial charge in [-0.3, -0.25) is 4.90 Å². The van der Waals surface area contributed by atoms with Crippen LogP contribution in [0.4, 0.5) is 0 Å². The topological polar surface area (TPSA) is 81.6 Å². The second-order valence-corrected chi connectivity index (χ2v) is 5.89. The number of nitrogens with zero attached hydrogens (tertiary/aromatic N) is 6. The third-order valence-corrected chi connectivity index (χ3v) is 4.29. The van der Waals surface area contributed by atoms with Crippen molar-refractivity contribution in [1.29, 1.82) is 0 Å². The summed E-state index contributed by atoms with van der Waals surface area (Å²) in [7, 11) is 0. The summed E-state index contributed by atoms with van der Waals surface area (Å²) in [5, 5.41) is 17.7. The Morgan fingerprint density at radius 1 is 1.29 bits per heavy atom. The zero-order valence-corrected chi connectivity index (χ0v) is 12.3. The molecule has 0 radical (unpaired) electrons. The van der Waals surface area contributed by atoms with E-state index in [4.69, 9.17) is 9.26 Å². The average Bonchev–Trinajstić information content (AvgIpc) is 3.17. The van der Waals surface area contributed by atoms with Crippen molar-refractivity contribution < 1.29 is 9.26 Å². The molecule has 0 amide bonds. The molecule has 21 heavy (non-hydrogen) atoms. The summed E-state index contributed by atoms with van der Waals surface area (Å²) in [6.45, 7) is 5.94. The smallest absolute Gasteiger partial charge is 0.235 e. The molecular formula is C12H14N6O2S. The van der Waals surface area contributed by atoms with Crippen LogP contribution in [0.1, 0.15) is 11.6 Å². The standard InChI is InChI=1S/C12H14N6O2S/c1-8-6-9(16-20-8)11-15-18-10(13-14-12(18)21-11)7-17-2-4-19-5-3-17/h6H,2-5,7H2,1H3. The molecule has 0 N–H and O–H groups in total. The molecule has 0 atom stereocenters. The van der Waals surface area contributed by atoms with Crippen molar-refractivity contribution in [2.24, 2.45) is 0 Å². The maximum absolute atomic E-state index is 5.35. The fraction of sp³-hybridized carbons (Fsp3) is 0.500.